The Morgan fingerprint density at radius 2 is 2.07 bits per heavy atom. The Hall–Kier alpha value is -0.730. The van der Waals surface area contributed by atoms with E-state index in [9.17, 15) is 4.79 Å². The lowest BCUT2D eigenvalue weighted by Gasteiger charge is -2.40. The lowest BCUT2D eigenvalue weighted by molar-refractivity contribution is -0.132. The Morgan fingerprint density at radius 1 is 1.43 bits per heavy atom. The fraction of sp³-hybridized carbons (Fsp3) is 0.300. The minimum Gasteiger partial charge on any atom is -0.346 e. The summed E-state index contributed by atoms with van der Waals surface area (Å²) in [5, 5.41) is 3.87. The van der Waals surface area contributed by atoms with Crippen molar-refractivity contribution in [1.82, 2.24) is 5.32 Å². The monoisotopic (exact) mass is 229 g/mol. The molecule has 0 aliphatic carbocycles. The first-order valence-electron chi connectivity index (χ1n) is 4.28. The van der Waals surface area contributed by atoms with Crippen LogP contribution in [0.2, 0.25) is 10.0 Å². The zero-order valence-corrected chi connectivity index (χ0v) is 9.12. The molecule has 0 radical (unpaired) electrons. The van der Waals surface area contributed by atoms with Crippen LogP contribution in [0.4, 0.5) is 0 Å². The molecule has 1 fully saturated rings. The third kappa shape index (κ3) is 1.39. The van der Waals surface area contributed by atoms with Crippen molar-refractivity contribution in [3.05, 3.63) is 33.8 Å². The van der Waals surface area contributed by atoms with E-state index in [0.717, 1.165) is 5.56 Å². The van der Waals surface area contributed by atoms with E-state index >= 15 is 0 Å². The first kappa shape index (κ1) is 9.81. The van der Waals surface area contributed by atoms with Crippen molar-refractivity contribution >= 4 is 29.1 Å². The van der Waals surface area contributed by atoms with Crippen LogP contribution in [-0.4, -0.2) is 5.91 Å². The number of carbonyl (C=O) groups excluding carboxylic acids is 1. The molecule has 1 N–H and O–H groups in total. The lowest BCUT2D eigenvalue weighted by atomic mass is 9.82. The average Bonchev–Trinajstić information content (AvgIpc) is 2.07. The maximum absolute atomic E-state index is 10.9. The highest BCUT2D eigenvalue weighted by molar-refractivity contribution is 6.42. The summed E-state index contributed by atoms with van der Waals surface area (Å²) in [6, 6.07) is 5.45. The van der Waals surface area contributed by atoms with E-state index in [1.165, 1.54) is 0 Å². The SMILES string of the molecule is CC1(c2cccc(Cl)c2Cl)CC(=O)N1. The molecular formula is C10H9Cl2NO. The van der Waals surface area contributed by atoms with Crippen LogP contribution in [0.25, 0.3) is 0 Å². The molecule has 2 rings (SSSR count). The minimum absolute atomic E-state index is 0.0449. The number of β-lactam (4-membered cyclic amide) rings is 1. The van der Waals surface area contributed by atoms with Crippen LogP contribution in [0.15, 0.2) is 18.2 Å². The van der Waals surface area contributed by atoms with E-state index in [-0.39, 0.29) is 11.4 Å². The van der Waals surface area contributed by atoms with E-state index in [1.807, 2.05) is 19.1 Å². The van der Waals surface area contributed by atoms with Gasteiger partial charge in [0.1, 0.15) is 0 Å². The number of rotatable bonds is 1. The van der Waals surface area contributed by atoms with Crippen molar-refractivity contribution in [3.63, 3.8) is 0 Å². The second-order valence-corrected chi connectivity index (χ2v) is 4.44. The smallest absolute Gasteiger partial charge is 0.223 e. The molecule has 1 heterocycles. The van der Waals surface area contributed by atoms with Gasteiger partial charge in [-0.1, -0.05) is 35.3 Å². The summed E-state index contributed by atoms with van der Waals surface area (Å²) in [5.41, 5.74) is 0.533. The number of benzene rings is 1. The van der Waals surface area contributed by atoms with E-state index in [1.54, 1.807) is 6.07 Å². The molecule has 14 heavy (non-hydrogen) atoms. The zero-order chi connectivity index (χ0) is 10.3. The van der Waals surface area contributed by atoms with Gasteiger partial charge in [-0.2, -0.15) is 0 Å². The molecule has 74 valence electrons. The molecule has 1 aliphatic heterocycles. The maximum atomic E-state index is 10.9. The van der Waals surface area contributed by atoms with Gasteiger partial charge in [-0.05, 0) is 18.6 Å². The molecule has 1 saturated heterocycles. The van der Waals surface area contributed by atoms with Crippen LogP contribution >= 0.6 is 23.2 Å². The van der Waals surface area contributed by atoms with Gasteiger partial charge in [0.25, 0.3) is 0 Å². The summed E-state index contributed by atoms with van der Waals surface area (Å²) in [5.74, 6) is 0.0449. The molecular weight excluding hydrogens is 221 g/mol. The Labute approximate surface area is 92.2 Å². The Morgan fingerprint density at radius 3 is 2.64 bits per heavy atom. The number of amides is 1. The normalized spacial score (nSPS) is 25.5. The average molecular weight is 230 g/mol. The summed E-state index contributed by atoms with van der Waals surface area (Å²) in [7, 11) is 0. The summed E-state index contributed by atoms with van der Waals surface area (Å²) >= 11 is 11.9. The standard InChI is InChI=1S/C10H9Cl2NO/c1-10(5-8(14)13-10)6-3-2-4-7(11)9(6)12/h2-4H,5H2,1H3,(H,13,14). The van der Waals surface area contributed by atoms with Gasteiger partial charge in [0.2, 0.25) is 5.91 Å². The van der Waals surface area contributed by atoms with Gasteiger partial charge >= 0.3 is 0 Å². The molecule has 1 aromatic carbocycles. The van der Waals surface area contributed by atoms with E-state index in [2.05, 4.69) is 5.32 Å². The zero-order valence-electron chi connectivity index (χ0n) is 7.60. The number of carbonyl (C=O) groups is 1. The molecule has 0 saturated carbocycles. The molecule has 1 atom stereocenters. The first-order chi connectivity index (χ1) is 6.53. The summed E-state index contributed by atoms with van der Waals surface area (Å²) < 4.78 is 0. The Kier molecular flexibility index (Phi) is 2.20. The predicted octanol–water partition coefficient (Wildman–Crippen LogP) is 2.73. The van der Waals surface area contributed by atoms with Gasteiger partial charge < -0.3 is 5.32 Å². The van der Waals surface area contributed by atoms with Crippen molar-refractivity contribution in [1.29, 1.82) is 0 Å². The molecule has 1 amide bonds. The van der Waals surface area contributed by atoms with Gasteiger partial charge in [-0.3, -0.25) is 4.79 Å². The molecule has 1 unspecified atom stereocenters. The molecule has 1 aromatic rings. The van der Waals surface area contributed by atoms with Crippen LogP contribution < -0.4 is 5.32 Å². The molecule has 0 aromatic heterocycles. The van der Waals surface area contributed by atoms with Gasteiger partial charge in [-0.25, -0.2) is 0 Å². The second-order valence-electron chi connectivity index (χ2n) is 3.66. The molecule has 1 aliphatic rings. The largest absolute Gasteiger partial charge is 0.346 e. The topological polar surface area (TPSA) is 29.1 Å². The predicted molar refractivity (Wildman–Crippen MR) is 56.6 cm³/mol. The number of hydrogen-bond donors (Lipinski definition) is 1. The second kappa shape index (κ2) is 3.14. The van der Waals surface area contributed by atoms with Crippen molar-refractivity contribution in [2.45, 2.75) is 18.9 Å². The first-order valence-corrected chi connectivity index (χ1v) is 5.04. The fourth-order valence-corrected chi connectivity index (χ4v) is 2.21. The van der Waals surface area contributed by atoms with Crippen molar-refractivity contribution in [3.8, 4) is 0 Å². The van der Waals surface area contributed by atoms with Gasteiger partial charge in [0, 0.05) is 0 Å². The minimum atomic E-state index is -0.348. The lowest BCUT2D eigenvalue weighted by Crippen LogP contribution is -2.56. The quantitative estimate of drug-likeness (QED) is 0.738. The van der Waals surface area contributed by atoms with Gasteiger partial charge in [-0.15, -0.1) is 0 Å². The van der Waals surface area contributed by atoms with Gasteiger partial charge in [0.15, 0.2) is 0 Å². The highest BCUT2D eigenvalue weighted by atomic mass is 35.5. The highest BCUT2D eigenvalue weighted by Crippen LogP contribution is 2.38. The van der Waals surface area contributed by atoms with Crippen molar-refractivity contribution < 1.29 is 4.79 Å². The molecule has 0 bridgehead atoms. The Bertz CT molecular complexity index is 395. The third-order valence-electron chi connectivity index (χ3n) is 2.48. The number of hydrogen-bond acceptors (Lipinski definition) is 1. The van der Waals surface area contributed by atoms with Crippen LogP contribution in [0.3, 0.4) is 0 Å². The van der Waals surface area contributed by atoms with Crippen molar-refractivity contribution in [2.24, 2.45) is 0 Å². The van der Waals surface area contributed by atoms with Gasteiger partial charge in [0.05, 0.1) is 22.0 Å². The summed E-state index contributed by atoms with van der Waals surface area (Å²) in [6.07, 6.45) is 0.465. The Balaban J connectivity index is 2.42. The van der Waals surface area contributed by atoms with Crippen LogP contribution in [-0.2, 0) is 10.3 Å². The molecule has 0 spiro atoms. The summed E-state index contributed by atoms with van der Waals surface area (Å²) in [6.45, 7) is 1.94. The fourth-order valence-electron chi connectivity index (χ4n) is 1.70. The highest BCUT2D eigenvalue weighted by Gasteiger charge is 2.41. The van der Waals surface area contributed by atoms with E-state index in [0.29, 0.717) is 16.5 Å². The summed E-state index contributed by atoms with van der Waals surface area (Å²) in [4.78, 5) is 10.9. The third-order valence-corrected chi connectivity index (χ3v) is 3.29. The van der Waals surface area contributed by atoms with E-state index < -0.39 is 0 Å². The molecule has 2 nitrogen and oxygen atoms in total. The van der Waals surface area contributed by atoms with E-state index in [4.69, 9.17) is 23.2 Å². The van der Waals surface area contributed by atoms with Crippen molar-refractivity contribution in [2.75, 3.05) is 0 Å². The number of halogens is 2. The van der Waals surface area contributed by atoms with Crippen LogP contribution in [0.5, 0.6) is 0 Å². The number of nitrogens with one attached hydrogen (secondary N) is 1. The maximum Gasteiger partial charge on any atom is 0.223 e. The van der Waals surface area contributed by atoms with Crippen LogP contribution in [0.1, 0.15) is 18.9 Å². The van der Waals surface area contributed by atoms with Crippen LogP contribution in [0, 0.1) is 0 Å². The molecule has 4 heteroatoms.